The zero-order chi connectivity index (χ0) is 14.5. The third-order valence-corrected chi connectivity index (χ3v) is 3.81. The molecule has 2 rings (SSSR count). The molecule has 0 aliphatic heterocycles. The van der Waals surface area contributed by atoms with Gasteiger partial charge in [-0.1, -0.05) is 19.1 Å². The number of aliphatic imine (C=N–C) groups is 1. The zero-order valence-corrected chi connectivity index (χ0v) is 15.7. The Labute approximate surface area is 145 Å². The van der Waals surface area contributed by atoms with Crippen LogP contribution in [0.15, 0.2) is 29.3 Å². The molecule has 1 aromatic rings. The Morgan fingerprint density at radius 3 is 2.38 bits per heavy atom. The normalized spacial score (nSPS) is 20.5. The minimum Gasteiger partial charge on any atom is -0.378 e. The highest BCUT2D eigenvalue weighted by Gasteiger charge is 2.33. The van der Waals surface area contributed by atoms with Gasteiger partial charge in [0.1, 0.15) is 0 Å². The molecular formula is C16H27IN4. The van der Waals surface area contributed by atoms with Crippen molar-refractivity contribution in [1.82, 2.24) is 10.6 Å². The van der Waals surface area contributed by atoms with Gasteiger partial charge in [-0.3, -0.25) is 4.99 Å². The Bertz CT molecular complexity index is 456. The number of hydrogen-bond acceptors (Lipinski definition) is 2. The molecule has 0 bridgehead atoms. The molecule has 2 unspecified atom stereocenters. The third kappa shape index (κ3) is 5.73. The maximum absolute atomic E-state index is 4.26. The molecule has 0 saturated heterocycles. The van der Waals surface area contributed by atoms with E-state index in [0.29, 0.717) is 6.04 Å². The van der Waals surface area contributed by atoms with E-state index >= 15 is 0 Å². The maximum atomic E-state index is 4.26. The second-order valence-corrected chi connectivity index (χ2v) is 5.77. The van der Waals surface area contributed by atoms with Crippen LogP contribution in [-0.2, 0) is 6.42 Å². The number of halogens is 1. The van der Waals surface area contributed by atoms with Gasteiger partial charge < -0.3 is 15.5 Å². The lowest BCUT2D eigenvalue weighted by Gasteiger charge is -2.13. The number of hydrogen-bond donors (Lipinski definition) is 2. The molecule has 1 aliphatic rings. The lowest BCUT2D eigenvalue weighted by Crippen LogP contribution is -2.39. The highest BCUT2D eigenvalue weighted by atomic mass is 127. The van der Waals surface area contributed by atoms with Crippen molar-refractivity contribution < 1.29 is 0 Å². The number of nitrogens with one attached hydrogen (secondary N) is 2. The van der Waals surface area contributed by atoms with E-state index in [0.717, 1.165) is 24.8 Å². The number of rotatable bonds is 5. The van der Waals surface area contributed by atoms with Crippen LogP contribution in [0, 0.1) is 5.92 Å². The minimum absolute atomic E-state index is 0. The van der Waals surface area contributed by atoms with E-state index in [4.69, 9.17) is 0 Å². The second-order valence-electron chi connectivity index (χ2n) is 5.77. The summed E-state index contributed by atoms with van der Waals surface area (Å²) >= 11 is 0. The van der Waals surface area contributed by atoms with Crippen LogP contribution >= 0.6 is 24.0 Å². The first kappa shape index (κ1) is 18.1. The van der Waals surface area contributed by atoms with E-state index < -0.39 is 0 Å². The van der Waals surface area contributed by atoms with Gasteiger partial charge in [-0.25, -0.2) is 0 Å². The summed E-state index contributed by atoms with van der Waals surface area (Å²) in [6.45, 7) is 3.17. The largest absolute Gasteiger partial charge is 0.378 e. The van der Waals surface area contributed by atoms with Crippen molar-refractivity contribution >= 4 is 35.6 Å². The summed E-state index contributed by atoms with van der Waals surface area (Å²) in [5.41, 5.74) is 2.58. The maximum Gasteiger partial charge on any atom is 0.191 e. The Morgan fingerprint density at radius 1 is 1.29 bits per heavy atom. The molecule has 2 atom stereocenters. The average Bonchev–Trinajstić information content (AvgIpc) is 3.13. The molecule has 1 fully saturated rings. The number of guanidine groups is 1. The summed E-state index contributed by atoms with van der Waals surface area (Å²) in [5, 5.41) is 6.81. The molecule has 118 valence electrons. The molecule has 21 heavy (non-hydrogen) atoms. The van der Waals surface area contributed by atoms with Gasteiger partial charge in [0, 0.05) is 39.4 Å². The highest BCUT2D eigenvalue weighted by Crippen LogP contribution is 2.28. The summed E-state index contributed by atoms with van der Waals surface area (Å²) in [5.74, 6) is 1.70. The highest BCUT2D eigenvalue weighted by molar-refractivity contribution is 14.0. The minimum atomic E-state index is 0. The van der Waals surface area contributed by atoms with E-state index in [1.807, 2.05) is 7.05 Å². The fourth-order valence-corrected chi connectivity index (χ4v) is 2.18. The Kier molecular flexibility index (Phi) is 7.28. The van der Waals surface area contributed by atoms with Crippen LogP contribution < -0.4 is 15.5 Å². The van der Waals surface area contributed by atoms with Crippen LogP contribution in [0.4, 0.5) is 5.69 Å². The standard InChI is InChI=1S/C16H26N4.HI/c1-12-11-15(12)19-16(17-2)18-10-9-13-5-7-14(8-6-13)20(3)4;/h5-8,12,15H,9-11H2,1-4H3,(H2,17,18,19);1H. The zero-order valence-electron chi connectivity index (χ0n) is 13.4. The molecule has 2 N–H and O–H groups in total. The van der Waals surface area contributed by atoms with E-state index in [-0.39, 0.29) is 24.0 Å². The Hall–Kier alpha value is -0.980. The molecule has 5 heteroatoms. The van der Waals surface area contributed by atoms with Crippen LogP contribution in [0.1, 0.15) is 18.9 Å². The number of benzene rings is 1. The van der Waals surface area contributed by atoms with Crippen LogP contribution in [0.5, 0.6) is 0 Å². The van der Waals surface area contributed by atoms with Gasteiger partial charge in [0.15, 0.2) is 5.96 Å². The molecule has 0 heterocycles. The van der Waals surface area contributed by atoms with Gasteiger partial charge in [-0.2, -0.15) is 0 Å². The van der Waals surface area contributed by atoms with Crippen LogP contribution in [0.25, 0.3) is 0 Å². The van der Waals surface area contributed by atoms with Crippen molar-refractivity contribution in [2.45, 2.75) is 25.8 Å². The topological polar surface area (TPSA) is 39.7 Å². The van der Waals surface area contributed by atoms with Gasteiger partial charge in [0.25, 0.3) is 0 Å². The predicted molar refractivity (Wildman–Crippen MR) is 102 cm³/mol. The van der Waals surface area contributed by atoms with Crippen molar-refractivity contribution in [3.8, 4) is 0 Å². The van der Waals surface area contributed by atoms with Gasteiger partial charge in [-0.15, -0.1) is 24.0 Å². The molecule has 0 spiro atoms. The van der Waals surface area contributed by atoms with E-state index in [1.165, 1.54) is 17.7 Å². The molecule has 0 aromatic heterocycles. The molecule has 1 aromatic carbocycles. The first-order valence-corrected chi connectivity index (χ1v) is 7.33. The SMILES string of the molecule is CN=C(NCCc1ccc(N(C)C)cc1)NC1CC1C.I. The molecule has 4 nitrogen and oxygen atoms in total. The van der Waals surface area contributed by atoms with Crippen LogP contribution in [0.2, 0.25) is 0 Å². The molecule has 0 amide bonds. The van der Waals surface area contributed by atoms with Gasteiger partial charge in [0.05, 0.1) is 0 Å². The van der Waals surface area contributed by atoms with Crippen LogP contribution in [0.3, 0.4) is 0 Å². The lowest BCUT2D eigenvalue weighted by molar-refractivity contribution is 0.758. The summed E-state index contributed by atoms with van der Waals surface area (Å²) in [6.07, 6.45) is 2.27. The van der Waals surface area contributed by atoms with Crippen molar-refractivity contribution in [3.05, 3.63) is 29.8 Å². The van der Waals surface area contributed by atoms with Crippen molar-refractivity contribution in [2.24, 2.45) is 10.9 Å². The van der Waals surface area contributed by atoms with E-state index in [1.54, 1.807) is 0 Å². The summed E-state index contributed by atoms with van der Waals surface area (Å²) < 4.78 is 0. The smallest absolute Gasteiger partial charge is 0.191 e. The second kappa shape index (κ2) is 8.46. The van der Waals surface area contributed by atoms with E-state index in [2.05, 4.69) is 65.8 Å². The monoisotopic (exact) mass is 402 g/mol. The van der Waals surface area contributed by atoms with Gasteiger partial charge in [-0.05, 0) is 36.5 Å². The van der Waals surface area contributed by atoms with Crippen molar-refractivity contribution in [1.29, 1.82) is 0 Å². The molecule has 1 aliphatic carbocycles. The van der Waals surface area contributed by atoms with Gasteiger partial charge in [0.2, 0.25) is 0 Å². The Morgan fingerprint density at radius 2 is 1.90 bits per heavy atom. The van der Waals surface area contributed by atoms with E-state index in [9.17, 15) is 0 Å². The molecule has 0 radical (unpaired) electrons. The van der Waals surface area contributed by atoms with Crippen molar-refractivity contribution in [3.63, 3.8) is 0 Å². The third-order valence-electron chi connectivity index (χ3n) is 3.81. The molecule has 1 saturated carbocycles. The van der Waals surface area contributed by atoms with Gasteiger partial charge >= 0.3 is 0 Å². The fourth-order valence-electron chi connectivity index (χ4n) is 2.18. The summed E-state index contributed by atoms with van der Waals surface area (Å²) in [4.78, 5) is 6.37. The summed E-state index contributed by atoms with van der Waals surface area (Å²) in [6, 6.07) is 9.31. The predicted octanol–water partition coefficient (Wildman–Crippen LogP) is 2.49. The van der Waals surface area contributed by atoms with Crippen LogP contribution in [-0.4, -0.2) is 39.7 Å². The first-order valence-electron chi connectivity index (χ1n) is 7.33. The number of nitrogens with zero attached hydrogens (tertiary/aromatic N) is 2. The lowest BCUT2D eigenvalue weighted by atomic mass is 10.1. The Balaban J connectivity index is 0.00000220. The molecular weight excluding hydrogens is 375 g/mol. The van der Waals surface area contributed by atoms with Crippen molar-refractivity contribution in [2.75, 3.05) is 32.6 Å². The summed E-state index contributed by atoms with van der Waals surface area (Å²) in [7, 11) is 5.95. The average molecular weight is 402 g/mol. The fraction of sp³-hybridized carbons (Fsp3) is 0.562. The number of anilines is 1. The first-order chi connectivity index (χ1) is 9.60. The quantitative estimate of drug-likeness (QED) is 0.452.